The Morgan fingerprint density at radius 1 is 1.09 bits per heavy atom. The number of methoxy groups -OCH3 is 1. The van der Waals surface area contributed by atoms with Crippen LogP contribution < -0.4 is 10.1 Å². The predicted octanol–water partition coefficient (Wildman–Crippen LogP) is 2.43. The van der Waals surface area contributed by atoms with Gasteiger partial charge in [0, 0.05) is 50.1 Å². The molecule has 0 unspecified atom stereocenters. The lowest BCUT2D eigenvalue weighted by atomic mass is 10.1. The minimum absolute atomic E-state index is 0.0782. The second-order valence-corrected chi connectivity index (χ2v) is 7.89. The second kappa shape index (κ2) is 9.71. The standard InChI is InChI=1S/C23H24N6O5/c1-26-10-12-27(13-11-26)23(31)16-6-7-21(34-2)20(14-16)24-22(30)19-8-9-28(25-19)17-4-3-5-18(15-17)29(32)33/h3-9,14-15H,10-13H2,1-2H3,(H,24,30). The monoisotopic (exact) mass is 464 g/mol. The number of carbonyl (C=O) groups excluding carboxylic acids is 2. The number of nitrogens with zero attached hydrogens (tertiary/aromatic N) is 5. The van der Waals surface area contributed by atoms with Crippen molar-refractivity contribution >= 4 is 23.2 Å². The van der Waals surface area contributed by atoms with Crippen molar-refractivity contribution in [1.82, 2.24) is 19.6 Å². The number of hydrogen-bond acceptors (Lipinski definition) is 7. The van der Waals surface area contributed by atoms with E-state index in [9.17, 15) is 19.7 Å². The molecule has 3 aromatic rings. The number of anilines is 1. The van der Waals surface area contributed by atoms with E-state index < -0.39 is 10.8 Å². The molecule has 0 spiro atoms. The zero-order valence-electron chi connectivity index (χ0n) is 18.8. The number of hydrogen-bond donors (Lipinski definition) is 1. The summed E-state index contributed by atoms with van der Waals surface area (Å²) in [5.41, 5.74) is 1.26. The van der Waals surface area contributed by atoms with Crippen molar-refractivity contribution in [2.45, 2.75) is 0 Å². The van der Waals surface area contributed by atoms with Crippen LogP contribution in [0, 0.1) is 10.1 Å². The molecule has 0 bridgehead atoms. The first-order chi connectivity index (χ1) is 16.4. The molecule has 0 radical (unpaired) electrons. The fourth-order valence-corrected chi connectivity index (χ4v) is 3.66. The summed E-state index contributed by atoms with van der Waals surface area (Å²) in [6.07, 6.45) is 1.54. The van der Waals surface area contributed by atoms with Gasteiger partial charge in [-0.3, -0.25) is 19.7 Å². The van der Waals surface area contributed by atoms with Gasteiger partial charge in [0.2, 0.25) is 0 Å². The van der Waals surface area contributed by atoms with Gasteiger partial charge in [-0.1, -0.05) is 6.07 Å². The quantitative estimate of drug-likeness (QED) is 0.439. The van der Waals surface area contributed by atoms with Crippen LogP contribution in [0.1, 0.15) is 20.8 Å². The summed E-state index contributed by atoms with van der Waals surface area (Å²) >= 11 is 0. The normalized spacial score (nSPS) is 14.0. The van der Waals surface area contributed by atoms with Gasteiger partial charge >= 0.3 is 0 Å². The van der Waals surface area contributed by atoms with Crippen molar-refractivity contribution in [1.29, 1.82) is 0 Å². The number of nitro benzene ring substituents is 1. The molecule has 2 aromatic carbocycles. The summed E-state index contributed by atoms with van der Waals surface area (Å²) in [4.78, 5) is 40.3. The molecule has 176 valence electrons. The number of ether oxygens (including phenoxy) is 1. The molecule has 34 heavy (non-hydrogen) atoms. The van der Waals surface area contributed by atoms with E-state index in [1.807, 2.05) is 7.05 Å². The van der Waals surface area contributed by atoms with E-state index in [1.54, 1.807) is 41.4 Å². The molecule has 4 rings (SSSR count). The number of benzene rings is 2. The van der Waals surface area contributed by atoms with Crippen molar-refractivity contribution in [3.8, 4) is 11.4 Å². The number of rotatable bonds is 6. The molecule has 1 aliphatic heterocycles. The number of non-ortho nitro benzene ring substituents is 1. The first kappa shape index (κ1) is 22.9. The van der Waals surface area contributed by atoms with Gasteiger partial charge in [-0.25, -0.2) is 4.68 Å². The van der Waals surface area contributed by atoms with Crippen molar-refractivity contribution in [2.24, 2.45) is 0 Å². The Morgan fingerprint density at radius 3 is 2.56 bits per heavy atom. The Morgan fingerprint density at radius 2 is 1.85 bits per heavy atom. The number of nitro groups is 1. The Labute approximate surface area is 195 Å². The average Bonchev–Trinajstić information content (AvgIpc) is 3.35. The summed E-state index contributed by atoms with van der Waals surface area (Å²) in [7, 11) is 3.49. The number of aromatic nitrogens is 2. The molecule has 0 atom stereocenters. The molecule has 1 aromatic heterocycles. The molecule has 2 amide bonds. The van der Waals surface area contributed by atoms with E-state index >= 15 is 0 Å². The Balaban J connectivity index is 1.53. The van der Waals surface area contributed by atoms with Crippen LogP contribution in [0.5, 0.6) is 5.75 Å². The molecule has 1 saturated heterocycles. The third-order valence-corrected chi connectivity index (χ3v) is 5.61. The number of carbonyl (C=O) groups is 2. The molecule has 11 nitrogen and oxygen atoms in total. The third kappa shape index (κ3) is 4.89. The maximum Gasteiger partial charge on any atom is 0.276 e. The highest BCUT2D eigenvalue weighted by Gasteiger charge is 2.22. The zero-order chi connectivity index (χ0) is 24.2. The number of nitrogens with one attached hydrogen (secondary N) is 1. The summed E-state index contributed by atoms with van der Waals surface area (Å²) in [5.74, 6) is -0.214. The average molecular weight is 464 g/mol. The molecular formula is C23H24N6O5. The van der Waals surface area contributed by atoms with Gasteiger partial charge in [0.05, 0.1) is 23.4 Å². The van der Waals surface area contributed by atoms with Crippen LogP contribution >= 0.6 is 0 Å². The summed E-state index contributed by atoms with van der Waals surface area (Å²) in [6.45, 7) is 2.88. The minimum Gasteiger partial charge on any atom is -0.495 e. The van der Waals surface area contributed by atoms with Crippen molar-refractivity contribution < 1.29 is 19.2 Å². The summed E-state index contributed by atoms with van der Waals surface area (Å²) in [6, 6.07) is 12.3. The van der Waals surface area contributed by atoms with E-state index in [2.05, 4.69) is 15.3 Å². The van der Waals surface area contributed by atoms with E-state index in [0.29, 0.717) is 35.8 Å². The van der Waals surface area contributed by atoms with Gasteiger partial charge in [0.25, 0.3) is 17.5 Å². The highest BCUT2D eigenvalue weighted by molar-refractivity contribution is 6.05. The number of piperazine rings is 1. The minimum atomic E-state index is -0.508. The van der Waals surface area contributed by atoms with Crippen molar-refractivity contribution in [3.63, 3.8) is 0 Å². The van der Waals surface area contributed by atoms with Gasteiger partial charge in [-0.15, -0.1) is 0 Å². The molecule has 2 heterocycles. The SMILES string of the molecule is COc1ccc(C(=O)N2CCN(C)CC2)cc1NC(=O)c1ccn(-c2cccc([N+](=O)[O-])c2)n1. The van der Waals surface area contributed by atoms with Gasteiger partial charge in [-0.05, 0) is 37.4 Å². The lowest BCUT2D eigenvalue weighted by Crippen LogP contribution is -2.47. The van der Waals surface area contributed by atoms with Crippen LogP contribution in [0.25, 0.3) is 5.69 Å². The maximum atomic E-state index is 12.9. The Kier molecular flexibility index (Phi) is 6.55. The molecular weight excluding hydrogens is 440 g/mol. The highest BCUT2D eigenvalue weighted by atomic mass is 16.6. The predicted molar refractivity (Wildman–Crippen MR) is 125 cm³/mol. The highest BCUT2D eigenvalue weighted by Crippen LogP contribution is 2.27. The van der Waals surface area contributed by atoms with Crippen LogP contribution in [-0.4, -0.2) is 76.7 Å². The smallest absolute Gasteiger partial charge is 0.276 e. The van der Waals surface area contributed by atoms with Gasteiger partial charge in [0.15, 0.2) is 5.69 Å². The van der Waals surface area contributed by atoms with Gasteiger partial charge in [0.1, 0.15) is 5.75 Å². The van der Waals surface area contributed by atoms with Crippen molar-refractivity contribution in [2.75, 3.05) is 45.7 Å². The van der Waals surface area contributed by atoms with E-state index in [0.717, 1.165) is 13.1 Å². The summed E-state index contributed by atoms with van der Waals surface area (Å²) < 4.78 is 6.73. The molecule has 0 aliphatic carbocycles. The third-order valence-electron chi connectivity index (χ3n) is 5.61. The van der Waals surface area contributed by atoms with Crippen LogP contribution in [0.3, 0.4) is 0 Å². The summed E-state index contributed by atoms with van der Waals surface area (Å²) in [5, 5.41) is 18.0. The lowest BCUT2D eigenvalue weighted by Gasteiger charge is -2.32. The van der Waals surface area contributed by atoms with Crippen molar-refractivity contribution in [3.05, 3.63) is 76.1 Å². The lowest BCUT2D eigenvalue weighted by molar-refractivity contribution is -0.384. The van der Waals surface area contributed by atoms with E-state index in [-0.39, 0.29) is 17.3 Å². The topological polar surface area (TPSA) is 123 Å². The first-order valence-corrected chi connectivity index (χ1v) is 10.6. The molecule has 1 fully saturated rings. The van der Waals surface area contributed by atoms with Crippen LogP contribution in [0.15, 0.2) is 54.7 Å². The number of amides is 2. The number of likely N-dealkylation sites (N-methyl/N-ethyl adjacent to an activating group) is 1. The van der Waals surface area contributed by atoms with Crippen LogP contribution in [0.4, 0.5) is 11.4 Å². The molecule has 0 saturated carbocycles. The fraction of sp³-hybridized carbons (Fsp3) is 0.261. The Hall–Kier alpha value is -4.25. The van der Waals surface area contributed by atoms with Gasteiger partial charge in [-0.2, -0.15) is 5.10 Å². The maximum absolute atomic E-state index is 12.9. The second-order valence-electron chi connectivity index (χ2n) is 7.89. The Bertz CT molecular complexity index is 1230. The van der Waals surface area contributed by atoms with Gasteiger partial charge < -0.3 is 19.9 Å². The largest absolute Gasteiger partial charge is 0.495 e. The first-order valence-electron chi connectivity index (χ1n) is 10.6. The fourth-order valence-electron chi connectivity index (χ4n) is 3.66. The van der Waals surface area contributed by atoms with Crippen LogP contribution in [-0.2, 0) is 0 Å². The van der Waals surface area contributed by atoms with Crippen LogP contribution in [0.2, 0.25) is 0 Å². The molecule has 1 aliphatic rings. The van der Waals surface area contributed by atoms with E-state index in [1.165, 1.54) is 30.0 Å². The zero-order valence-corrected chi connectivity index (χ0v) is 18.8. The molecule has 1 N–H and O–H groups in total. The van der Waals surface area contributed by atoms with E-state index in [4.69, 9.17) is 4.74 Å². The molecule has 11 heteroatoms.